The highest BCUT2D eigenvalue weighted by molar-refractivity contribution is 5.80. The fraction of sp³-hybridized carbons (Fsp3) is 0.786. The Morgan fingerprint density at radius 3 is 2.80 bits per heavy atom. The number of halogens is 3. The van der Waals surface area contributed by atoms with E-state index in [1.165, 1.54) is 6.08 Å². The van der Waals surface area contributed by atoms with Gasteiger partial charge < -0.3 is 9.47 Å². The zero-order chi connectivity index (χ0) is 14.5. The van der Waals surface area contributed by atoms with Gasteiger partial charge in [0.25, 0.3) is 0 Å². The van der Waals surface area contributed by atoms with E-state index >= 15 is 0 Å². The maximum atomic E-state index is 12.4. The molecule has 0 amide bonds. The van der Waals surface area contributed by atoms with Gasteiger partial charge in [0, 0.05) is 24.3 Å². The van der Waals surface area contributed by atoms with Crippen molar-refractivity contribution in [2.24, 2.45) is 5.92 Å². The van der Waals surface area contributed by atoms with E-state index in [0.29, 0.717) is 19.4 Å². The van der Waals surface area contributed by atoms with Gasteiger partial charge in [-0.2, -0.15) is 13.2 Å². The maximum absolute atomic E-state index is 12.4. The van der Waals surface area contributed by atoms with Crippen LogP contribution in [0.25, 0.3) is 0 Å². The minimum Gasteiger partial charge on any atom is -0.369 e. The summed E-state index contributed by atoms with van der Waals surface area (Å²) in [6.45, 7) is 1.71. The number of ketones is 1. The normalized spacial score (nSPS) is 41.1. The number of epoxide rings is 2. The number of rotatable bonds is 3. The highest BCUT2D eigenvalue weighted by Gasteiger charge is 2.62. The van der Waals surface area contributed by atoms with E-state index in [4.69, 9.17) is 9.47 Å². The van der Waals surface area contributed by atoms with Gasteiger partial charge in [0.1, 0.15) is 5.78 Å². The van der Waals surface area contributed by atoms with Gasteiger partial charge in [-0.15, -0.1) is 0 Å². The second-order valence-corrected chi connectivity index (χ2v) is 5.96. The molecule has 1 unspecified atom stereocenters. The first-order valence-electron chi connectivity index (χ1n) is 6.87. The van der Waals surface area contributed by atoms with Crippen LogP contribution in [-0.2, 0) is 14.3 Å². The highest BCUT2D eigenvalue weighted by Crippen LogP contribution is 2.52. The first kappa shape index (κ1) is 14.1. The Bertz CT molecular complexity index is 451. The second kappa shape index (κ2) is 4.56. The molecule has 2 saturated heterocycles. The van der Waals surface area contributed by atoms with Crippen molar-refractivity contribution in [1.29, 1.82) is 0 Å². The predicted octanol–water partition coefficient (Wildman–Crippen LogP) is 2.79. The Morgan fingerprint density at radius 1 is 1.50 bits per heavy atom. The fourth-order valence-electron chi connectivity index (χ4n) is 3.05. The van der Waals surface area contributed by atoms with Crippen LogP contribution in [0.5, 0.6) is 0 Å². The number of ether oxygens (including phenoxy) is 2. The Kier molecular flexibility index (Phi) is 3.21. The molecule has 3 fully saturated rings. The van der Waals surface area contributed by atoms with E-state index in [9.17, 15) is 18.0 Å². The quantitative estimate of drug-likeness (QED) is 0.593. The van der Waals surface area contributed by atoms with E-state index in [-0.39, 0.29) is 35.9 Å². The SMILES string of the molecule is C/C(=C\C[C@H]1O[C@@H]1C1CC(=O)CC[C@]12CO2)C(F)(F)F. The van der Waals surface area contributed by atoms with Crippen molar-refractivity contribution in [2.75, 3.05) is 6.61 Å². The molecule has 1 aliphatic carbocycles. The van der Waals surface area contributed by atoms with Crippen molar-refractivity contribution in [3.05, 3.63) is 11.6 Å². The van der Waals surface area contributed by atoms with Crippen molar-refractivity contribution in [3.63, 3.8) is 0 Å². The largest absolute Gasteiger partial charge is 0.412 e. The van der Waals surface area contributed by atoms with E-state index < -0.39 is 11.7 Å². The van der Waals surface area contributed by atoms with Crippen molar-refractivity contribution in [2.45, 2.75) is 56.6 Å². The summed E-state index contributed by atoms with van der Waals surface area (Å²) in [4.78, 5) is 11.6. The molecule has 0 bridgehead atoms. The van der Waals surface area contributed by atoms with Gasteiger partial charge in [0.15, 0.2) is 0 Å². The van der Waals surface area contributed by atoms with Crippen LogP contribution in [0.2, 0.25) is 0 Å². The summed E-state index contributed by atoms with van der Waals surface area (Å²) in [6.07, 6.45) is -1.48. The minimum atomic E-state index is -4.27. The van der Waals surface area contributed by atoms with Crippen molar-refractivity contribution >= 4 is 5.78 Å². The van der Waals surface area contributed by atoms with Crippen LogP contribution in [0.3, 0.4) is 0 Å². The standard InChI is InChI=1S/C14H17F3O3/c1-8(14(15,16)17)2-3-11-12(20-11)10-6-9(18)4-5-13(10)7-19-13/h2,10-12H,3-7H2,1H3/b8-2+/t10?,11-,12-,13+/m1/s1. The van der Waals surface area contributed by atoms with E-state index in [0.717, 1.165) is 13.3 Å². The number of carbonyl (C=O) groups is 1. The fourth-order valence-corrected chi connectivity index (χ4v) is 3.05. The smallest absolute Gasteiger partial charge is 0.369 e. The molecule has 4 atom stereocenters. The molecule has 2 heterocycles. The number of Topliss-reactive ketones (excluding diaryl/α,β-unsaturated/α-hetero) is 1. The Labute approximate surface area is 115 Å². The van der Waals surface area contributed by atoms with Crippen LogP contribution in [0, 0.1) is 5.92 Å². The van der Waals surface area contributed by atoms with Crippen LogP contribution in [0.4, 0.5) is 13.2 Å². The topological polar surface area (TPSA) is 42.1 Å². The van der Waals surface area contributed by atoms with Crippen LogP contribution in [0.15, 0.2) is 11.6 Å². The molecule has 3 nitrogen and oxygen atoms in total. The van der Waals surface area contributed by atoms with Crippen molar-refractivity contribution in [3.8, 4) is 0 Å². The van der Waals surface area contributed by atoms with E-state index in [2.05, 4.69) is 0 Å². The highest BCUT2D eigenvalue weighted by atomic mass is 19.4. The van der Waals surface area contributed by atoms with Crippen LogP contribution in [0.1, 0.15) is 32.6 Å². The lowest BCUT2D eigenvalue weighted by Crippen LogP contribution is -2.36. The van der Waals surface area contributed by atoms with Gasteiger partial charge in [0.2, 0.25) is 0 Å². The lowest BCUT2D eigenvalue weighted by atomic mass is 9.76. The number of hydrogen-bond donors (Lipinski definition) is 0. The minimum absolute atomic E-state index is 0.0216. The molecule has 3 aliphatic rings. The molecule has 0 radical (unpaired) electrons. The number of alkyl halides is 3. The summed E-state index contributed by atoms with van der Waals surface area (Å²) < 4.78 is 48.1. The first-order chi connectivity index (χ1) is 9.32. The van der Waals surface area contributed by atoms with E-state index in [1.54, 1.807) is 0 Å². The summed E-state index contributed by atoms with van der Waals surface area (Å²) in [7, 11) is 0. The third-order valence-corrected chi connectivity index (χ3v) is 4.59. The lowest BCUT2D eigenvalue weighted by Gasteiger charge is -2.26. The summed E-state index contributed by atoms with van der Waals surface area (Å²) in [5.41, 5.74) is -0.820. The van der Waals surface area contributed by atoms with Gasteiger partial charge >= 0.3 is 6.18 Å². The molecular formula is C14H17F3O3. The number of hydrogen-bond acceptors (Lipinski definition) is 3. The van der Waals surface area contributed by atoms with Gasteiger partial charge in [-0.1, -0.05) is 6.08 Å². The average molecular weight is 290 g/mol. The third kappa shape index (κ3) is 2.63. The molecule has 3 rings (SSSR count). The Balaban J connectivity index is 1.58. The molecular weight excluding hydrogens is 273 g/mol. The molecule has 2 aliphatic heterocycles. The van der Waals surface area contributed by atoms with Gasteiger partial charge in [-0.05, 0) is 19.8 Å². The molecule has 0 aromatic rings. The molecule has 0 aromatic heterocycles. The summed E-state index contributed by atoms with van der Waals surface area (Å²) in [6, 6.07) is 0. The number of allylic oxidation sites excluding steroid dienone is 1. The third-order valence-electron chi connectivity index (χ3n) is 4.59. The number of carbonyl (C=O) groups excluding carboxylic acids is 1. The maximum Gasteiger partial charge on any atom is 0.412 e. The average Bonchev–Trinajstić information content (AvgIpc) is 3.26. The van der Waals surface area contributed by atoms with Crippen LogP contribution in [-0.4, -0.2) is 36.4 Å². The zero-order valence-corrected chi connectivity index (χ0v) is 11.2. The molecule has 0 aromatic carbocycles. The molecule has 1 spiro atoms. The second-order valence-electron chi connectivity index (χ2n) is 5.96. The van der Waals surface area contributed by atoms with Crippen LogP contribution < -0.4 is 0 Å². The summed E-state index contributed by atoms with van der Waals surface area (Å²) >= 11 is 0. The van der Waals surface area contributed by atoms with Crippen molar-refractivity contribution in [1.82, 2.24) is 0 Å². The molecule has 6 heteroatoms. The van der Waals surface area contributed by atoms with Crippen molar-refractivity contribution < 1.29 is 27.4 Å². The van der Waals surface area contributed by atoms with Gasteiger partial charge in [0.05, 0.1) is 24.4 Å². The monoisotopic (exact) mass is 290 g/mol. The first-order valence-corrected chi connectivity index (χ1v) is 6.87. The molecule has 112 valence electrons. The molecule has 0 N–H and O–H groups in total. The van der Waals surface area contributed by atoms with Gasteiger partial charge in [-0.3, -0.25) is 4.79 Å². The van der Waals surface area contributed by atoms with E-state index in [1.807, 2.05) is 0 Å². The predicted molar refractivity (Wildman–Crippen MR) is 64.1 cm³/mol. The Hall–Kier alpha value is -0.880. The summed E-state index contributed by atoms with van der Waals surface area (Å²) in [5.74, 6) is 0.223. The van der Waals surface area contributed by atoms with Crippen LogP contribution >= 0.6 is 0 Å². The Morgan fingerprint density at radius 2 is 2.20 bits per heavy atom. The van der Waals surface area contributed by atoms with Gasteiger partial charge in [-0.25, -0.2) is 0 Å². The zero-order valence-electron chi connectivity index (χ0n) is 11.2. The summed E-state index contributed by atoms with van der Waals surface area (Å²) in [5, 5.41) is 0. The molecule has 1 saturated carbocycles. The lowest BCUT2D eigenvalue weighted by molar-refractivity contribution is -0.123. The molecule has 20 heavy (non-hydrogen) atoms.